The highest BCUT2D eigenvalue weighted by Crippen LogP contribution is 2.19. The highest BCUT2D eigenvalue weighted by molar-refractivity contribution is 6.29. The van der Waals surface area contributed by atoms with Crippen LogP contribution in [0, 0.1) is 5.92 Å². The monoisotopic (exact) mass is 253 g/mol. The summed E-state index contributed by atoms with van der Waals surface area (Å²) in [6, 6.07) is 5.68. The number of likely N-dealkylation sites (tertiary alicyclic amines) is 1. The minimum absolute atomic E-state index is 0.550. The van der Waals surface area contributed by atoms with E-state index in [2.05, 4.69) is 22.2 Å². The van der Waals surface area contributed by atoms with Gasteiger partial charge in [0.25, 0.3) is 0 Å². The molecule has 17 heavy (non-hydrogen) atoms. The van der Waals surface area contributed by atoms with Gasteiger partial charge in [-0.05, 0) is 57.5 Å². The van der Waals surface area contributed by atoms with Crippen molar-refractivity contribution in [2.24, 2.45) is 5.92 Å². The molecule has 1 fully saturated rings. The Kier molecular flexibility index (Phi) is 4.63. The van der Waals surface area contributed by atoms with Crippen LogP contribution in [-0.2, 0) is 0 Å². The molecule has 4 heteroatoms. The van der Waals surface area contributed by atoms with E-state index in [4.69, 9.17) is 11.6 Å². The number of rotatable bonds is 4. The summed E-state index contributed by atoms with van der Waals surface area (Å²) in [6.07, 6.45) is 3.87. The van der Waals surface area contributed by atoms with Gasteiger partial charge < -0.3 is 10.2 Å². The molecule has 3 nitrogen and oxygen atoms in total. The number of nitrogens with one attached hydrogen (secondary N) is 1. The Morgan fingerprint density at radius 2 is 2.18 bits per heavy atom. The predicted molar refractivity (Wildman–Crippen MR) is 72.6 cm³/mol. The van der Waals surface area contributed by atoms with Crippen LogP contribution in [0.2, 0.25) is 5.15 Å². The predicted octanol–water partition coefficient (Wildman–Crippen LogP) is 2.88. The van der Waals surface area contributed by atoms with Gasteiger partial charge in [0.2, 0.25) is 0 Å². The minimum atomic E-state index is 0.550. The molecule has 0 spiro atoms. The van der Waals surface area contributed by atoms with E-state index in [1.165, 1.54) is 32.4 Å². The molecule has 2 heterocycles. The van der Waals surface area contributed by atoms with Crippen molar-refractivity contribution >= 4 is 17.4 Å². The molecule has 1 N–H and O–H groups in total. The lowest BCUT2D eigenvalue weighted by atomic mass is 9.94. The largest absolute Gasteiger partial charge is 0.370 e. The Morgan fingerprint density at radius 1 is 1.41 bits per heavy atom. The van der Waals surface area contributed by atoms with E-state index >= 15 is 0 Å². The summed E-state index contributed by atoms with van der Waals surface area (Å²) < 4.78 is 0. The molecule has 0 saturated carbocycles. The average molecular weight is 254 g/mol. The molecule has 0 bridgehead atoms. The average Bonchev–Trinajstić information content (AvgIpc) is 2.32. The first-order valence-electron chi connectivity index (χ1n) is 6.29. The topological polar surface area (TPSA) is 28.2 Å². The zero-order valence-electron chi connectivity index (χ0n) is 10.3. The second-order valence-corrected chi connectivity index (χ2v) is 5.19. The van der Waals surface area contributed by atoms with Crippen molar-refractivity contribution in [2.45, 2.75) is 19.3 Å². The third kappa shape index (κ3) is 4.17. The summed E-state index contributed by atoms with van der Waals surface area (Å²) in [4.78, 5) is 6.62. The number of hydrogen-bond donors (Lipinski definition) is 1. The molecular weight excluding hydrogens is 234 g/mol. The number of aromatic nitrogens is 1. The number of piperidine rings is 1. The van der Waals surface area contributed by atoms with Crippen LogP contribution >= 0.6 is 11.6 Å². The van der Waals surface area contributed by atoms with Gasteiger partial charge in [-0.15, -0.1) is 0 Å². The SMILES string of the molecule is CN1CCC(CCNc2cccc(Cl)n2)CC1. The first-order chi connectivity index (χ1) is 8.24. The third-order valence-corrected chi connectivity index (χ3v) is 3.62. The zero-order valence-corrected chi connectivity index (χ0v) is 11.1. The molecule has 94 valence electrons. The Bertz CT molecular complexity index is 348. The van der Waals surface area contributed by atoms with Crippen molar-refractivity contribution in [3.8, 4) is 0 Å². The molecule has 1 aliphatic heterocycles. The molecule has 0 unspecified atom stereocenters. The minimum Gasteiger partial charge on any atom is -0.370 e. The second-order valence-electron chi connectivity index (χ2n) is 4.81. The first kappa shape index (κ1) is 12.7. The molecule has 2 rings (SSSR count). The molecule has 1 aromatic rings. The number of halogens is 1. The highest BCUT2D eigenvalue weighted by atomic mass is 35.5. The van der Waals surface area contributed by atoms with Gasteiger partial charge in [0, 0.05) is 6.54 Å². The van der Waals surface area contributed by atoms with Crippen LogP contribution in [0.1, 0.15) is 19.3 Å². The van der Waals surface area contributed by atoms with Crippen molar-refractivity contribution in [3.05, 3.63) is 23.4 Å². The summed E-state index contributed by atoms with van der Waals surface area (Å²) in [5.74, 6) is 1.74. The maximum Gasteiger partial charge on any atom is 0.131 e. The summed E-state index contributed by atoms with van der Waals surface area (Å²) >= 11 is 5.83. The quantitative estimate of drug-likeness (QED) is 0.837. The zero-order chi connectivity index (χ0) is 12.1. The van der Waals surface area contributed by atoms with Crippen molar-refractivity contribution in [3.63, 3.8) is 0 Å². The Morgan fingerprint density at radius 3 is 2.88 bits per heavy atom. The van der Waals surface area contributed by atoms with Gasteiger partial charge in [-0.3, -0.25) is 0 Å². The lowest BCUT2D eigenvalue weighted by Gasteiger charge is -2.28. The first-order valence-corrected chi connectivity index (χ1v) is 6.67. The van der Waals surface area contributed by atoms with Crippen LogP contribution in [0.25, 0.3) is 0 Å². The van der Waals surface area contributed by atoms with Crippen LogP contribution < -0.4 is 5.32 Å². The van der Waals surface area contributed by atoms with Gasteiger partial charge in [0.15, 0.2) is 0 Å². The van der Waals surface area contributed by atoms with Crippen molar-refractivity contribution in [2.75, 3.05) is 32.0 Å². The van der Waals surface area contributed by atoms with Crippen molar-refractivity contribution < 1.29 is 0 Å². The van der Waals surface area contributed by atoms with Crippen molar-refractivity contribution in [1.82, 2.24) is 9.88 Å². The highest BCUT2D eigenvalue weighted by Gasteiger charge is 2.15. The van der Waals surface area contributed by atoms with Gasteiger partial charge in [0.05, 0.1) is 0 Å². The fourth-order valence-electron chi connectivity index (χ4n) is 2.26. The summed E-state index contributed by atoms with van der Waals surface area (Å²) in [5, 5.41) is 3.89. The van der Waals surface area contributed by atoms with E-state index in [1.54, 1.807) is 6.07 Å². The van der Waals surface area contributed by atoms with Crippen LogP contribution in [0.3, 0.4) is 0 Å². The van der Waals surface area contributed by atoms with E-state index < -0.39 is 0 Å². The molecular formula is C13H20ClN3. The van der Waals surface area contributed by atoms with Gasteiger partial charge in [-0.25, -0.2) is 4.98 Å². The lowest BCUT2D eigenvalue weighted by Crippen LogP contribution is -2.30. The number of hydrogen-bond acceptors (Lipinski definition) is 3. The maximum absolute atomic E-state index is 5.83. The standard InChI is InChI=1S/C13H20ClN3/c1-17-9-6-11(7-10-17)5-8-15-13-4-2-3-12(14)16-13/h2-4,11H,5-10H2,1H3,(H,15,16). The van der Waals surface area contributed by atoms with Gasteiger partial charge >= 0.3 is 0 Å². The molecule has 1 saturated heterocycles. The summed E-state index contributed by atoms with van der Waals surface area (Å²) in [5.41, 5.74) is 0. The molecule has 0 aliphatic carbocycles. The maximum atomic E-state index is 5.83. The second kappa shape index (κ2) is 6.22. The molecule has 0 atom stereocenters. The third-order valence-electron chi connectivity index (χ3n) is 3.41. The fraction of sp³-hybridized carbons (Fsp3) is 0.615. The normalized spacial score (nSPS) is 18.2. The van der Waals surface area contributed by atoms with Gasteiger partial charge in [-0.1, -0.05) is 17.7 Å². The Hall–Kier alpha value is -0.800. The van der Waals surface area contributed by atoms with E-state index in [0.717, 1.165) is 18.3 Å². The Labute approximate surface area is 108 Å². The number of anilines is 1. The van der Waals surface area contributed by atoms with Crippen LogP contribution in [0.5, 0.6) is 0 Å². The molecule has 0 amide bonds. The van der Waals surface area contributed by atoms with E-state index in [9.17, 15) is 0 Å². The van der Waals surface area contributed by atoms with Crippen LogP contribution in [0.4, 0.5) is 5.82 Å². The van der Waals surface area contributed by atoms with Gasteiger partial charge in [0.1, 0.15) is 11.0 Å². The van der Waals surface area contributed by atoms with Crippen molar-refractivity contribution in [1.29, 1.82) is 0 Å². The fourth-order valence-corrected chi connectivity index (χ4v) is 2.43. The number of nitrogens with zero attached hydrogens (tertiary/aromatic N) is 2. The summed E-state index contributed by atoms with van der Waals surface area (Å²) in [6.45, 7) is 3.46. The molecule has 1 aliphatic rings. The van der Waals surface area contributed by atoms with E-state index in [-0.39, 0.29) is 0 Å². The van der Waals surface area contributed by atoms with E-state index in [0.29, 0.717) is 5.15 Å². The van der Waals surface area contributed by atoms with E-state index in [1.807, 2.05) is 12.1 Å². The molecule has 1 aromatic heterocycles. The van der Waals surface area contributed by atoms with Crippen LogP contribution in [0.15, 0.2) is 18.2 Å². The summed E-state index contributed by atoms with van der Waals surface area (Å²) in [7, 11) is 2.20. The Balaban J connectivity index is 1.69. The lowest BCUT2D eigenvalue weighted by molar-refractivity contribution is 0.215. The van der Waals surface area contributed by atoms with Crippen LogP contribution in [-0.4, -0.2) is 36.6 Å². The molecule has 0 aromatic carbocycles. The number of pyridine rings is 1. The smallest absolute Gasteiger partial charge is 0.131 e. The molecule has 0 radical (unpaired) electrons. The van der Waals surface area contributed by atoms with Gasteiger partial charge in [-0.2, -0.15) is 0 Å².